The van der Waals surface area contributed by atoms with Crippen molar-refractivity contribution < 1.29 is 4.79 Å². The van der Waals surface area contributed by atoms with Crippen LogP contribution in [-0.4, -0.2) is 23.9 Å². The molecule has 0 fully saturated rings. The number of pyridine rings is 1. The summed E-state index contributed by atoms with van der Waals surface area (Å²) in [6.45, 7) is 3.76. The van der Waals surface area contributed by atoms with Crippen molar-refractivity contribution >= 4 is 5.78 Å². The largest absolute Gasteiger partial charge is 0.310 e. The maximum absolute atomic E-state index is 11.5. The summed E-state index contributed by atoms with van der Waals surface area (Å²) in [5.74, 6) is 0.151. The van der Waals surface area contributed by atoms with Gasteiger partial charge < -0.3 is 5.32 Å². The van der Waals surface area contributed by atoms with E-state index in [0.717, 1.165) is 17.7 Å². The van der Waals surface area contributed by atoms with Gasteiger partial charge in [-0.3, -0.25) is 9.78 Å². The number of nitrogens with zero attached hydrogens (tertiary/aromatic N) is 1. The SMILES string of the molecule is CCc1ccccc1-c1ccc(C[C@H](NC)C(C)=O)cn1. The molecule has 1 atom stereocenters. The molecular formula is C18H22N2O. The molecule has 3 nitrogen and oxygen atoms in total. The van der Waals surface area contributed by atoms with Crippen LogP contribution in [0.3, 0.4) is 0 Å². The topological polar surface area (TPSA) is 42.0 Å². The molecule has 21 heavy (non-hydrogen) atoms. The molecule has 0 bridgehead atoms. The zero-order valence-electron chi connectivity index (χ0n) is 12.9. The first kappa shape index (κ1) is 15.4. The number of rotatable bonds is 6. The summed E-state index contributed by atoms with van der Waals surface area (Å²) in [4.78, 5) is 16.0. The Hall–Kier alpha value is -2.00. The van der Waals surface area contributed by atoms with E-state index in [-0.39, 0.29) is 11.8 Å². The molecule has 2 aromatic rings. The highest BCUT2D eigenvalue weighted by Gasteiger charge is 2.12. The quantitative estimate of drug-likeness (QED) is 0.885. The summed E-state index contributed by atoms with van der Waals surface area (Å²) in [6, 6.07) is 12.3. The van der Waals surface area contributed by atoms with Crippen LogP contribution >= 0.6 is 0 Å². The fraction of sp³-hybridized carbons (Fsp3) is 0.333. The van der Waals surface area contributed by atoms with E-state index < -0.39 is 0 Å². The molecule has 0 aliphatic rings. The van der Waals surface area contributed by atoms with Crippen LogP contribution in [0.25, 0.3) is 11.3 Å². The van der Waals surface area contributed by atoms with Crippen LogP contribution in [0, 0.1) is 0 Å². The Morgan fingerprint density at radius 3 is 2.57 bits per heavy atom. The first-order valence-electron chi connectivity index (χ1n) is 7.36. The van der Waals surface area contributed by atoms with Gasteiger partial charge in [-0.25, -0.2) is 0 Å². The Bertz CT molecular complexity index is 605. The monoisotopic (exact) mass is 282 g/mol. The van der Waals surface area contributed by atoms with E-state index in [1.54, 1.807) is 6.92 Å². The molecule has 0 aliphatic heterocycles. The number of likely N-dealkylation sites (N-methyl/N-ethyl adjacent to an activating group) is 1. The van der Waals surface area contributed by atoms with Gasteiger partial charge >= 0.3 is 0 Å². The van der Waals surface area contributed by atoms with Gasteiger partial charge in [0.15, 0.2) is 0 Å². The summed E-state index contributed by atoms with van der Waals surface area (Å²) < 4.78 is 0. The lowest BCUT2D eigenvalue weighted by Crippen LogP contribution is -2.34. The Kier molecular flexibility index (Phi) is 5.23. The van der Waals surface area contributed by atoms with E-state index >= 15 is 0 Å². The van der Waals surface area contributed by atoms with Crippen LogP contribution in [0.1, 0.15) is 25.0 Å². The molecule has 0 radical (unpaired) electrons. The Balaban J connectivity index is 2.21. The Labute approximate surface area is 126 Å². The first-order valence-corrected chi connectivity index (χ1v) is 7.36. The van der Waals surface area contributed by atoms with Gasteiger partial charge in [-0.15, -0.1) is 0 Å². The molecule has 0 spiro atoms. The molecule has 1 N–H and O–H groups in total. The maximum atomic E-state index is 11.5. The molecule has 1 aromatic carbocycles. The Morgan fingerprint density at radius 2 is 2.00 bits per heavy atom. The second kappa shape index (κ2) is 7.14. The fourth-order valence-electron chi connectivity index (χ4n) is 2.47. The smallest absolute Gasteiger partial charge is 0.147 e. The minimum atomic E-state index is -0.138. The van der Waals surface area contributed by atoms with Crippen LogP contribution in [0.4, 0.5) is 0 Å². The number of hydrogen-bond acceptors (Lipinski definition) is 3. The number of nitrogens with one attached hydrogen (secondary N) is 1. The lowest BCUT2D eigenvalue weighted by atomic mass is 10.0. The van der Waals surface area contributed by atoms with Gasteiger partial charge in [0.2, 0.25) is 0 Å². The van der Waals surface area contributed by atoms with Crippen LogP contribution < -0.4 is 5.32 Å². The highest BCUT2D eigenvalue weighted by molar-refractivity contribution is 5.81. The van der Waals surface area contributed by atoms with Crippen molar-refractivity contribution in [2.75, 3.05) is 7.05 Å². The van der Waals surface area contributed by atoms with E-state index in [1.165, 1.54) is 11.1 Å². The lowest BCUT2D eigenvalue weighted by Gasteiger charge is -2.13. The molecule has 1 heterocycles. The summed E-state index contributed by atoms with van der Waals surface area (Å²) in [5, 5.41) is 3.04. The third-order valence-electron chi connectivity index (χ3n) is 3.78. The number of aryl methyl sites for hydroxylation is 1. The van der Waals surface area contributed by atoms with Crippen molar-refractivity contribution in [2.24, 2.45) is 0 Å². The van der Waals surface area contributed by atoms with Crippen LogP contribution in [0.15, 0.2) is 42.6 Å². The van der Waals surface area contributed by atoms with E-state index in [2.05, 4.69) is 41.5 Å². The number of carbonyl (C=O) groups excluding carboxylic acids is 1. The van der Waals surface area contributed by atoms with Crippen molar-refractivity contribution in [3.8, 4) is 11.3 Å². The van der Waals surface area contributed by atoms with Crippen molar-refractivity contribution in [3.63, 3.8) is 0 Å². The summed E-state index contributed by atoms with van der Waals surface area (Å²) in [7, 11) is 1.81. The van der Waals surface area contributed by atoms with Gasteiger partial charge in [0, 0.05) is 11.8 Å². The molecule has 0 saturated carbocycles. The van der Waals surface area contributed by atoms with E-state index in [9.17, 15) is 4.79 Å². The average Bonchev–Trinajstić information content (AvgIpc) is 2.52. The second-order valence-electron chi connectivity index (χ2n) is 5.22. The van der Waals surface area contributed by atoms with E-state index in [0.29, 0.717) is 6.42 Å². The van der Waals surface area contributed by atoms with Crippen LogP contribution in [-0.2, 0) is 17.6 Å². The third kappa shape index (κ3) is 3.76. The van der Waals surface area contributed by atoms with Crippen molar-refractivity contribution in [2.45, 2.75) is 32.7 Å². The predicted molar refractivity (Wildman–Crippen MR) is 86.3 cm³/mol. The van der Waals surface area contributed by atoms with Gasteiger partial charge in [-0.05, 0) is 44.0 Å². The molecule has 0 aliphatic carbocycles. The molecular weight excluding hydrogens is 260 g/mol. The molecule has 0 unspecified atom stereocenters. The number of Topliss-reactive ketones (excluding diaryl/α,β-unsaturated/α-hetero) is 1. The lowest BCUT2D eigenvalue weighted by molar-refractivity contribution is -0.118. The zero-order valence-corrected chi connectivity index (χ0v) is 12.9. The predicted octanol–water partition coefficient (Wildman–Crippen LogP) is 3.03. The van der Waals surface area contributed by atoms with E-state index in [1.807, 2.05) is 25.4 Å². The number of aromatic nitrogens is 1. The molecule has 0 saturated heterocycles. The van der Waals surface area contributed by atoms with Gasteiger partial charge in [0.05, 0.1) is 11.7 Å². The van der Waals surface area contributed by atoms with Crippen molar-refractivity contribution in [1.82, 2.24) is 10.3 Å². The number of ketones is 1. The molecule has 110 valence electrons. The van der Waals surface area contributed by atoms with Gasteiger partial charge in [0.25, 0.3) is 0 Å². The number of hydrogen-bond donors (Lipinski definition) is 1. The summed E-state index contributed by atoms with van der Waals surface area (Å²) in [5.41, 5.74) is 4.54. The number of carbonyl (C=O) groups is 1. The van der Waals surface area contributed by atoms with Crippen LogP contribution in [0.2, 0.25) is 0 Å². The van der Waals surface area contributed by atoms with Crippen molar-refractivity contribution in [1.29, 1.82) is 0 Å². The van der Waals surface area contributed by atoms with Gasteiger partial charge in [-0.1, -0.05) is 37.3 Å². The molecule has 1 aromatic heterocycles. The Morgan fingerprint density at radius 1 is 1.24 bits per heavy atom. The minimum absolute atomic E-state index is 0.138. The van der Waals surface area contributed by atoms with Gasteiger partial charge in [-0.2, -0.15) is 0 Å². The van der Waals surface area contributed by atoms with Gasteiger partial charge in [0.1, 0.15) is 5.78 Å². The first-order chi connectivity index (χ1) is 10.2. The fourth-order valence-corrected chi connectivity index (χ4v) is 2.47. The number of benzene rings is 1. The summed E-state index contributed by atoms with van der Waals surface area (Å²) in [6.07, 6.45) is 3.54. The third-order valence-corrected chi connectivity index (χ3v) is 3.78. The highest BCUT2D eigenvalue weighted by Crippen LogP contribution is 2.22. The van der Waals surface area contributed by atoms with Crippen molar-refractivity contribution in [3.05, 3.63) is 53.7 Å². The highest BCUT2D eigenvalue weighted by atomic mass is 16.1. The molecule has 3 heteroatoms. The van der Waals surface area contributed by atoms with E-state index in [4.69, 9.17) is 0 Å². The zero-order chi connectivity index (χ0) is 15.2. The molecule has 0 amide bonds. The molecule has 2 rings (SSSR count). The maximum Gasteiger partial charge on any atom is 0.147 e. The normalized spacial score (nSPS) is 12.1. The second-order valence-corrected chi connectivity index (χ2v) is 5.22. The van der Waals surface area contributed by atoms with Crippen LogP contribution in [0.5, 0.6) is 0 Å². The summed E-state index contributed by atoms with van der Waals surface area (Å²) >= 11 is 0. The average molecular weight is 282 g/mol. The standard InChI is InChI=1S/C18H22N2O/c1-4-15-7-5-6-8-16(15)17-10-9-14(12-20-17)11-18(19-3)13(2)21/h5-10,12,18-19H,4,11H2,1-3H3/t18-/m0/s1. The minimum Gasteiger partial charge on any atom is -0.310 e.